The van der Waals surface area contributed by atoms with Crippen LogP contribution in [0.3, 0.4) is 0 Å². The van der Waals surface area contributed by atoms with E-state index in [1.165, 1.54) is 42.7 Å². The van der Waals surface area contributed by atoms with Gasteiger partial charge in [0.25, 0.3) is 5.69 Å². The molecule has 1 aromatic carbocycles. The number of hydrogen-bond acceptors (Lipinski definition) is 6. The lowest BCUT2D eigenvalue weighted by atomic mass is 9.96. The van der Waals surface area contributed by atoms with Crippen LogP contribution in [0.1, 0.15) is 37.8 Å². The van der Waals surface area contributed by atoms with Crippen molar-refractivity contribution in [1.82, 2.24) is 9.66 Å². The lowest BCUT2D eigenvalue weighted by Crippen LogP contribution is -2.19. The van der Waals surface area contributed by atoms with Crippen LogP contribution in [0.5, 0.6) is 0 Å². The average Bonchev–Trinajstić information content (AvgIpc) is 3.16. The molecule has 1 aliphatic carbocycles. The number of rotatable bonds is 5. The maximum Gasteiger partial charge on any atom is 0.269 e. The standard InChI is InChI=1S/C21H21N5O2S/c27-26(28)19-11-9-16(10-12-19)20-15-29-21(24-17-6-2-1-3-7-17)25(20)23-14-18-8-4-5-13-22-18/h4-5,8-15,17H,1-3,6-7H2. The fourth-order valence-corrected chi connectivity index (χ4v) is 4.30. The Bertz CT molecular complexity index is 1060. The van der Waals surface area contributed by atoms with Crippen molar-refractivity contribution in [2.75, 3.05) is 0 Å². The van der Waals surface area contributed by atoms with Gasteiger partial charge in [0.1, 0.15) is 0 Å². The monoisotopic (exact) mass is 407 g/mol. The smallest absolute Gasteiger partial charge is 0.258 e. The van der Waals surface area contributed by atoms with E-state index in [2.05, 4.69) is 10.1 Å². The average molecular weight is 407 g/mol. The molecule has 7 nitrogen and oxygen atoms in total. The number of benzene rings is 1. The van der Waals surface area contributed by atoms with Gasteiger partial charge in [-0.2, -0.15) is 5.10 Å². The highest BCUT2D eigenvalue weighted by molar-refractivity contribution is 7.07. The Kier molecular flexibility index (Phi) is 5.90. The zero-order chi connectivity index (χ0) is 20.1. The molecule has 0 spiro atoms. The van der Waals surface area contributed by atoms with Gasteiger partial charge in [0.05, 0.1) is 28.6 Å². The molecule has 4 rings (SSSR count). The molecule has 0 bridgehead atoms. The SMILES string of the molecule is O=[N+]([O-])c1ccc(-c2csc(=NC3CCCCC3)n2N=Cc2ccccn2)cc1. The quantitative estimate of drug-likeness (QED) is 0.351. The van der Waals surface area contributed by atoms with E-state index in [9.17, 15) is 10.1 Å². The maximum absolute atomic E-state index is 11.0. The number of pyridine rings is 1. The summed E-state index contributed by atoms with van der Waals surface area (Å²) in [5.41, 5.74) is 2.53. The molecule has 0 atom stereocenters. The fraction of sp³-hybridized carbons (Fsp3) is 0.286. The van der Waals surface area contributed by atoms with Crippen LogP contribution in [0.4, 0.5) is 5.69 Å². The number of thiazole rings is 1. The molecule has 0 unspecified atom stereocenters. The van der Waals surface area contributed by atoms with Crippen LogP contribution >= 0.6 is 11.3 Å². The molecular weight excluding hydrogens is 386 g/mol. The van der Waals surface area contributed by atoms with Crippen molar-refractivity contribution in [3.8, 4) is 11.3 Å². The summed E-state index contributed by atoms with van der Waals surface area (Å²) in [6, 6.07) is 12.5. The molecule has 2 aromatic heterocycles. The van der Waals surface area contributed by atoms with Gasteiger partial charge in [0.15, 0.2) is 0 Å². The molecule has 3 aromatic rings. The Morgan fingerprint density at radius 3 is 2.62 bits per heavy atom. The first-order valence-electron chi connectivity index (χ1n) is 9.65. The summed E-state index contributed by atoms with van der Waals surface area (Å²) < 4.78 is 1.81. The van der Waals surface area contributed by atoms with E-state index < -0.39 is 4.92 Å². The zero-order valence-corrected chi connectivity index (χ0v) is 16.7. The Morgan fingerprint density at radius 2 is 1.93 bits per heavy atom. The number of aromatic nitrogens is 2. The highest BCUT2D eigenvalue weighted by Crippen LogP contribution is 2.24. The third-order valence-corrected chi connectivity index (χ3v) is 5.75. The van der Waals surface area contributed by atoms with Crippen molar-refractivity contribution in [2.24, 2.45) is 10.1 Å². The van der Waals surface area contributed by atoms with Crippen LogP contribution in [0.2, 0.25) is 0 Å². The summed E-state index contributed by atoms with van der Waals surface area (Å²) in [4.78, 5) is 20.6. The summed E-state index contributed by atoms with van der Waals surface area (Å²) >= 11 is 1.54. The van der Waals surface area contributed by atoms with Crippen molar-refractivity contribution < 1.29 is 4.92 Å². The number of nitro groups is 1. The van der Waals surface area contributed by atoms with Crippen molar-refractivity contribution in [3.05, 3.63) is 74.7 Å². The van der Waals surface area contributed by atoms with Gasteiger partial charge in [0.2, 0.25) is 4.80 Å². The van der Waals surface area contributed by atoms with E-state index in [4.69, 9.17) is 4.99 Å². The second-order valence-electron chi connectivity index (χ2n) is 6.94. The second kappa shape index (κ2) is 8.91. The maximum atomic E-state index is 11.0. The van der Waals surface area contributed by atoms with Crippen LogP contribution in [0, 0.1) is 10.1 Å². The molecule has 0 radical (unpaired) electrons. The number of nitrogens with zero attached hydrogens (tertiary/aromatic N) is 5. The van der Waals surface area contributed by atoms with Crippen LogP contribution in [-0.4, -0.2) is 26.8 Å². The molecule has 29 heavy (non-hydrogen) atoms. The van der Waals surface area contributed by atoms with E-state index in [0.29, 0.717) is 6.04 Å². The van der Waals surface area contributed by atoms with Gasteiger partial charge in [0, 0.05) is 29.3 Å². The van der Waals surface area contributed by atoms with E-state index in [1.807, 2.05) is 28.3 Å². The molecule has 1 aliphatic rings. The third kappa shape index (κ3) is 4.65. The highest BCUT2D eigenvalue weighted by atomic mass is 32.1. The van der Waals surface area contributed by atoms with E-state index in [0.717, 1.165) is 34.6 Å². The van der Waals surface area contributed by atoms with Crippen molar-refractivity contribution >= 4 is 23.2 Å². The lowest BCUT2D eigenvalue weighted by Gasteiger charge is -2.16. The fourth-order valence-electron chi connectivity index (χ4n) is 3.39. The predicted molar refractivity (Wildman–Crippen MR) is 114 cm³/mol. The second-order valence-corrected chi connectivity index (χ2v) is 7.78. The lowest BCUT2D eigenvalue weighted by molar-refractivity contribution is -0.384. The minimum atomic E-state index is -0.394. The molecule has 1 saturated carbocycles. The largest absolute Gasteiger partial charge is 0.269 e. The van der Waals surface area contributed by atoms with Crippen molar-refractivity contribution in [1.29, 1.82) is 0 Å². The van der Waals surface area contributed by atoms with Gasteiger partial charge in [-0.25, -0.2) is 4.68 Å². The van der Waals surface area contributed by atoms with Gasteiger partial charge < -0.3 is 0 Å². The normalized spacial score (nSPS) is 15.8. The van der Waals surface area contributed by atoms with Gasteiger partial charge in [-0.05, 0) is 37.1 Å². The molecule has 0 aliphatic heterocycles. The first-order valence-corrected chi connectivity index (χ1v) is 10.5. The number of hydrogen-bond donors (Lipinski definition) is 0. The molecule has 0 N–H and O–H groups in total. The highest BCUT2D eigenvalue weighted by Gasteiger charge is 2.14. The Morgan fingerprint density at radius 1 is 1.14 bits per heavy atom. The first-order chi connectivity index (χ1) is 14.2. The van der Waals surface area contributed by atoms with E-state index in [1.54, 1.807) is 24.5 Å². The number of non-ortho nitro benzene ring substituents is 1. The van der Waals surface area contributed by atoms with Crippen molar-refractivity contribution in [3.63, 3.8) is 0 Å². The minimum Gasteiger partial charge on any atom is -0.258 e. The topological polar surface area (TPSA) is 85.7 Å². The molecule has 0 saturated heterocycles. The molecular formula is C21H21N5O2S. The van der Waals surface area contributed by atoms with Crippen molar-refractivity contribution in [2.45, 2.75) is 38.1 Å². The van der Waals surface area contributed by atoms with Crippen LogP contribution in [0.25, 0.3) is 11.3 Å². The van der Waals surface area contributed by atoms with Crippen LogP contribution < -0.4 is 4.80 Å². The Balaban J connectivity index is 1.75. The molecule has 8 heteroatoms. The summed E-state index contributed by atoms with van der Waals surface area (Å²) in [5.74, 6) is 0. The number of nitro benzene ring substituents is 1. The Hall–Kier alpha value is -3.13. The molecule has 0 amide bonds. The van der Waals surface area contributed by atoms with Gasteiger partial charge in [-0.1, -0.05) is 25.3 Å². The first kappa shape index (κ1) is 19.2. The molecule has 148 valence electrons. The Labute approximate surface area is 172 Å². The summed E-state index contributed by atoms with van der Waals surface area (Å²) in [7, 11) is 0. The van der Waals surface area contributed by atoms with Crippen LogP contribution in [-0.2, 0) is 0 Å². The minimum absolute atomic E-state index is 0.0691. The van der Waals surface area contributed by atoms with Gasteiger partial charge in [-0.15, -0.1) is 11.3 Å². The van der Waals surface area contributed by atoms with E-state index in [-0.39, 0.29) is 5.69 Å². The summed E-state index contributed by atoms with van der Waals surface area (Å²) in [6.45, 7) is 0. The zero-order valence-electron chi connectivity index (χ0n) is 15.8. The molecule has 2 heterocycles. The van der Waals surface area contributed by atoms with E-state index >= 15 is 0 Å². The third-order valence-electron chi connectivity index (χ3n) is 4.92. The summed E-state index contributed by atoms with van der Waals surface area (Å²) in [6.07, 6.45) is 9.36. The van der Waals surface area contributed by atoms with Crippen LogP contribution in [0.15, 0.2) is 64.1 Å². The summed E-state index contributed by atoms with van der Waals surface area (Å²) in [5, 5.41) is 17.6. The van der Waals surface area contributed by atoms with Gasteiger partial charge in [-0.3, -0.25) is 20.1 Å². The molecule has 1 fully saturated rings. The predicted octanol–water partition coefficient (Wildman–Crippen LogP) is 4.64. The van der Waals surface area contributed by atoms with Gasteiger partial charge >= 0.3 is 0 Å².